The summed E-state index contributed by atoms with van der Waals surface area (Å²) in [4.78, 5) is 26.0. The van der Waals surface area contributed by atoms with E-state index in [-0.39, 0.29) is 23.6 Å². The van der Waals surface area contributed by atoms with Crippen LogP contribution >= 0.6 is 12.6 Å². The van der Waals surface area contributed by atoms with Crippen LogP contribution < -0.4 is 10.6 Å². The van der Waals surface area contributed by atoms with Crippen LogP contribution in [-0.2, 0) is 9.53 Å². The Kier molecular flexibility index (Phi) is 7.88. The fourth-order valence-electron chi connectivity index (χ4n) is 2.08. The lowest BCUT2D eigenvalue weighted by molar-refractivity contribution is -0.123. The van der Waals surface area contributed by atoms with Crippen LogP contribution in [0.2, 0.25) is 0 Å². The summed E-state index contributed by atoms with van der Waals surface area (Å²) in [5.41, 5.74) is 0. The molecule has 21 heavy (non-hydrogen) atoms. The summed E-state index contributed by atoms with van der Waals surface area (Å²) >= 11 is 4.13. The predicted molar refractivity (Wildman–Crippen MR) is 85.6 cm³/mol. The number of rotatable bonds is 6. The van der Waals surface area contributed by atoms with Crippen molar-refractivity contribution in [3.8, 4) is 0 Å². The number of ether oxygens (including phenoxy) is 1. The van der Waals surface area contributed by atoms with Gasteiger partial charge in [0.15, 0.2) is 0 Å². The zero-order valence-electron chi connectivity index (χ0n) is 13.1. The van der Waals surface area contributed by atoms with Crippen molar-refractivity contribution in [3.63, 3.8) is 0 Å². The highest BCUT2D eigenvalue weighted by Gasteiger charge is 2.24. The standard InChI is InChI=1S/C14H27N3O3S/c1-10(2)8-20-14(19)16-12(9-21)13(18)15-11-4-6-17(3)7-5-11/h10-12,21H,4-9H2,1-3H3,(H,15,18)(H,16,19)/t12-/m0/s1. The van der Waals surface area contributed by atoms with Crippen LogP contribution in [0.15, 0.2) is 0 Å². The summed E-state index contributed by atoms with van der Waals surface area (Å²) in [7, 11) is 2.07. The molecule has 0 saturated carbocycles. The highest BCUT2D eigenvalue weighted by molar-refractivity contribution is 7.80. The summed E-state index contributed by atoms with van der Waals surface area (Å²) in [5, 5.41) is 5.54. The summed E-state index contributed by atoms with van der Waals surface area (Å²) in [6.07, 6.45) is 1.29. The molecule has 0 unspecified atom stereocenters. The minimum absolute atomic E-state index is 0.171. The Balaban J connectivity index is 2.36. The molecule has 0 radical (unpaired) electrons. The molecule has 0 bridgehead atoms. The Labute approximate surface area is 132 Å². The number of nitrogens with zero attached hydrogens (tertiary/aromatic N) is 1. The fraction of sp³-hybridized carbons (Fsp3) is 0.857. The van der Waals surface area contributed by atoms with Gasteiger partial charge in [-0.05, 0) is 38.9 Å². The molecule has 0 aromatic carbocycles. The molecular weight excluding hydrogens is 290 g/mol. The number of nitrogens with one attached hydrogen (secondary N) is 2. The third-order valence-electron chi connectivity index (χ3n) is 3.40. The monoisotopic (exact) mass is 317 g/mol. The first-order valence-electron chi connectivity index (χ1n) is 7.45. The van der Waals surface area contributed by atoms with Crippen molar-refractivity contribution in [2.24, 2.45) is 5.92 Å². The maximum atomic E-state index is 12.2. The first-order chi connectivity index (χ1) is 9.92. The van der Waals surface area contributed by atoms with Gasteiger partial charge in [0.25, 0.3) is 0 Å². The van der Waals surface area contributed by atoms with Gasteiger partial charge >= 0.3 is 6.09 Å². The van der Waals surface area contributed by atoms with Crippen LogP contribution in [0.4, 0.5) is 4.79 Å². The SMILES string of the molecule is CC(C)COC(=O)N[C@@H](CS)C(=O)NC1CCN(C)CC1. The number of carbonyl (C=O) groups is 2. The van der Waals surface area contributed by atoms with E-state index in [2.05, 4.69) is 35.2 Å². The molecule has 6 nitrogen and oxygen atoms in total. The smallest absolute Gasteiger partial charge is 0.407 e. The van der Waals surface area contributed by atoms with E-state index in [0.717, 1.165) is 25.9 Å². The minimum atomic E-state index is -0.660. The van der Waals surface area contributed by atoms with E-state index in [4.69, 9.17) is 4.74 Å². The van der Waals surface area contributed by atoms with Crippen LogP contribution in [0.5, 0.6) is 0 Å². The molecule has 1 aliphatic heterocycles. The highest BCUT2D eigenvalue weighted by atomic mass is 32.1. The van der Waals surface area contributed by atoms with Crippen molar-refractivity contribution in [2.75, 3.05) is 32.5 Å². The van der Waals surface area contributed by atoms with E-state index in [9.17, 15) is 9.59 Å². The third kappa shape index (κ3) is 7.04. The van der Waals surface area contributed by atoms with Gasteiger partial charge in [-0.1, -0.05) is 13.8 Å². The third-order valence-corrected chi connectivity index (χ3v) is 3.77. The van der Waals surface area contributed by atoms with Crippen molar-refractivity contribution in [1.82, 2.24) is 15.5 Å². The van der Waals surface area contributed by atoms with Crippen molar-refractivity contribution in [1.29, 1.82) is 0 Å². The molecule has 1 aliphatic rings. The second-order valence-electron chi connectivity index (χ2n) is 5.96. The number of alkyl carbamates (subject to hydrolysis) is 1. The molecule has 7 heteroatoms. The molecule has 122 valence electrons. The molecule has 2 amide bonds. The number of hydrogen-bond donors (Lipinski definition) is 3. The zero-order valence-corrected chi connectivity index (χ0v) is 14.0. The number of amides is 2. The van der Waals surface area contributed by atoms with Crippen molar-refractivity contribution in [2.45, 2.75) is 38.8 Å². The average Bonchev–Trinajstić information content (AvgIpc) is 2.44. The Morgan fingerprint density at radius 2 is 1.95 bits per heavy atom. The van der Waals surface area contributed by atoms with Gasteiger partial charge in [0.1, 0.15) is 6.04 Å². The molecule has 0 aromatic heterocycles. The molecule has 1 atom stereocenters. The molecule has 1 rings (SSSR count). The summed E-state index contributed by atoms with van der Waals surface area (Å²) in [6.45, 7) is 6.19. The zero-order chi connectivity index (χ0) is 15.8. The largest absolute Gasteiger partial charge is 0.449 e. The summed E-state index contributed by atoms with van der Waals surface area (Å²) in [6, 6.07) is -0.489. The van der Waals surface area contributed by atoms with Crippen molar-refractivity contribution in [3.05, 3.63) is 0 Å². The second kappa shape index (κ2) is 9.15. The molecular formula is C14H27N3O3S. The summed E-state index contributed by atoms with van der Waals surface area (Å²) in [5.74, 6) is 0.314. The van der Waals surface area contributed by atoms with E-state index in [1.165, 1.54) is 0 Å². The number of piperidine rings is 1. The normalized spacial score (nSPS) is 18.3. The van der Waals surface area contributed by atoms with Crippen LogP contribution in [0, 0.1) is 5.92 Å². The van der Waals surface area contributed by atoms with Crippen LogP contribution in [-0.4, -0.2) is 61.5 Å². The Morgan fingerprint density at radius 1 is 1.33 bits per heavy atom. The fourth-order valence-corrected chi connectivity index (χ4v) is 2.33. The van der Waals surface area contributed by atoms with E-state index >= 15 is 0 Å². The van der Waals surface area contributed by atoms with Gasteiger partial charge in [0.05, 0.1) is 6.61 Å². The molecule has 0 aromatic rings. The van der Waals surface area contributed by atoms with Gasteiger partial charge in [0, 0.05) is 11.8 Å². The average molecular weight is 317 g/mol. The summed E-state index contributed by atoms with van der Waals surface area (Å²) < 4.78 is 5.02. The maximum absolute atomic E-state index is 12.2. The quantitative estimate of drug-likeness (QED) is 0.636. The van der Waals surface area contributed by atoms with Crippen molar-refractivity contribution >= 4 is 24.6 Å². The van der Waals surface area contributed by atoms with E-state index in [0.29, 0.717) is 6.61 Å². The second-order valence-corrected chi connectivity index (χ2v) is 6.32. The topological polar surface area (TPSA) is 70.7 Å². The Hall–Kier alpha value is -0.950. The van der Waals surface area contributed by atoms with Crippen LogP contribution in [0.25, 0.3) is 0 Å². The molecule has 2 N–H and O–H groups in total. The number of thiol groups is 1. The minimum Gasteiger partial charge on any atom is -0.449 e. The number of hydrogen-bond acceptors (Lipinski definition) is 5. The number of carbonyl (C=O) groups excluding carboxylic acids is 2. The highest BCUT2D eigenvalue weighted by Crippen LogP contribution is 2.08. The van der Waals surface area contributed by atoms with Crippen LogP contribution in [0.1, 0.15) is 26.7 Å². The molecule has 0 aliphatic carbocycles. The van der Waals surface area contributed by atoms with Gasteiger partial charge in [-0.3, -0.25) is 4.79 Å². The predicted octanol–water partition coefficient (Wildman–Crippen LogP) is 0.877. The van der Waals surface area contributed by atoms with Gasteiger partial charge in [-0.2, -0.15) is 12.6 Å². The lowest BCUT2D eigenvalue weighted by Crippen LogP contribution is -2.52. The Bertz CT molecular complexity index is 344. The van der Waals surface area contributed by atoms with Crippen molar-refractivity contribution < 1.29 is 14.3 Å². The maximum Gasteiger partial charge on any atom is 0.407 e. The first kappa shape index (κ1) is 18.1. The lowest BCUT2D eigenvalue weighted by atomic mass is 10.1. The van der Waals surface area contributed by atoms with Crippen LogP contribution in [0.3, 0.4) is 0 Å². The van der Waals surface area contributed by atoms with Gasteiger partial charge < -0.3 is 20.3 Å². The van der Waals surface area contributed by atoms with E-state index in [1.807, 2.05) is 13.8 Å². The lowest BCUT2D eigenvalue weighted by Gasteiger charge is -2.30. The molecule has 1 heterocycles. The Morgan fingerprint density at radius 3 is 2.48 bits per heavy atom. The van der Waals surface area contributed by atoms with Gasteiger partial charge in [-0.15, -0.1) is 0 Å². The van der Waals surface area contributed by atoms with E-state index in [1.54, 1.807) is 0 Å². The molecule has 0 spiro atoms. The number of likely N-dealkylation sites (tertiary alicyclic amines) is 1. The van der Waals surface area contributed by atoms with Gasteiger partial charge in [0.2, 0.25) is 5.91 Å². The molecule has 1 fully saturated rings. The van der Waals surface area contributed by atoms with Gasteiger partial charge in [-0.25, -0.2) is 4.79 Å². The first-order valence-corrected chi connectivity index (χ1v) is 8.08. The van der Waals surface area contributed by atoms with E-state index < -0.39 is 12.1 Å². The molecule has 1 saturated heterocycles.